The van der Waals surface area contributed by atoms with Gasteiger partial charge in [-0.1, -0.05) is 0 Å². The van der Waals surface area contributed by atoms with Crippen molar-refractivity contribution in [3.8, 4) is 22.9 Å². The molecular formula is C25H34N6O4S2. The molecule has 0 bridgehead atoms. The molecule has 3 aromatic rings. The van der Waals surface area contributed by atoms with E-state index in [2.05, 4.69) is 21.5 Å². The number of hydrogen-bond acceptors (Lipinski definition) is 8. The third kappa shape index (κ3) is 7.00. The first-order valence-electron chi connectivity index (χ1n) is 11.6. The maximum absolute atomic E-state index is 12.1. The third-order valence-corrected chi connectivity index (χ3v) is 5.69. The molecule has 12 heteroatoms. The van der Waals surface area contributed by atoms with E-state index in [-0.39, 0.29) is 33.0 Å². The van der Waals surface area contributed by atoms with Crippen molar-refractivity contribution in [2.24, 2.45) is 0 Å². The standard InChI is InChI=1S/C25H30N6O4.2H2S/c1-5-34-18-10-19(23-17(11-26)13-28-31(23)14-18)16-6-7-22(27-12-16)30-9-8-20(21(32)15-30)29-24(33)35-25(2,3)4;;/h6-7,10,12-14,20-21,32H,5,8-9,15H2,1-4H3,(H,29,33);2*1H2/t20-,21-;;/m0../s1. The van der Waals surface area contributed by atoms with Crippen LogP contribution in [0.1, 0.15) is 39.7 Å². The number of nitriles is 1. The van der Waals surface area contributed by atoms with Gasteiger partial charge in [-0.2, -0.15) is 37.4 Å². The van der Waals surface area contributed by atoms with Crippen molar-refractivity contribution in [2.75, 3.05) is 24.6 Å². The molecule has 3 aromatic heterocycles. The van der Waals surface area contributed by atoms with Gasteiger partial charge in [0.2, 0.25) is 0 Å². The molecule has 0 radical (unpaired) electrons. The predicted molar refractivity (Wildman–Crippen MR) is 151 cm³/mol. The van der Waals surface area contributed by atoms with Crippen molar-refractivity contribution in [3.63, 3.8) is 0 Å². The van der Waals surface area contributed by atoms with Gasteiger partial charge in [0, 0.05) is 30.4 Å². The maximum Gasteiger partial charge on any atom is 0.407 e. The Balaban J connectivity index is 0.00000241. The Labute approximate surface area is 230 Å². The second-order valence-electron chi connectivity index (χ2n) is 9.45. The highest BCUT2D eigenvalue weighted by molar-refractivity contribution is 7.59. The molecular weight excluding hydrogens is 512 g/mol. The van der Waals surface area contributed by atoms with Gasteiger partial charge < -0.3 is 24.8 Å². The fourth-order valence-corrected chi connectivity index (χ4v) is 4.14. The number of anilines is 1. The van der Waals surface area contributed by atoms with Gasteiger partial charge in [-0.15, -0.1) is 0 Å². The van der Waals surface area contributed by atoms with E-state index >= 15 is 0 Å². The van der Waals surface area contributed by atoms with E-state index in [9.17, 15) is 15.2 Å². The molecule has 1 amide bonds. The summed E-state index contributed by atoms with van der Waals surface area (Å²) in [6.45, 7) is 8.76. The Morgan fingerprint density at radius 2 is 2.05 bits per heavy atom. The number of aromatic nitrogens is 3. The van der Waals surface area contributed by atoms with E-state index in [1.165, 1.54) is 6.20 Å². The van der Waals surface area contributed by atoms with Gasteiger partial charge in [-0.3, -0.25) is 0 Å². The maximum atomic E-state index is 12.1. The van der Waals surface area contributed by atoms with E-state index < -0.39 is 17.8 Å². The number of aliphatic hydroxyl groups is 1. The lowest BCUT2D eigenvalue weighted by atomic mass is 10.0. The molecule has 0 unspecified atom stereocenters. The summed E-state index contributed by atoms with van der Waals surface area (Å²) in [6.07, 6.45) is 4.29. The van der Waals surface area contributed by atoms with Gasteiger partial charge in [-0.25, -0.2) is 14.3 Å². The van der Waals surface area contributed by atoms with Crippen molar-refractivity contribution >= 4 is 44.4 Å². The summed E-state index contributed by atoms with van der Waals surface area (Å²) in [7, 11) is 0. The number of alkyl carbamates (subject to hydrolysis) is 1. The minimum Gasteiger partial charge on any atom is -0.492 e. The number of ether oxygens (including phenoxy) is 2. The minimum atomic E-state index is -0.759. The fraction of sp³-hybridized carbons (Fsp3) is 0.440. The molecule has 1 aliphatic rings. The van der Waals surface area contributed by atoms with E-state index in [0.717, 1.165) is 16.9 Å². The molecule has 1 saturated heterocycles. The summed E-state index contributed by atoms with van der Waals surface area (Å²) in [5, 5.41) is 27.2. The highest BCUT2D eigenvalue weighted by atomic mass is 32.1. The Bertz CT molecular complexity index is 1250. The number of fused-ring (bicyclic) bond motifs is 1. The van der Waals surface area contributed by atoms with Gasteiger partial charge in [0.1, 0.15) is 23.2 Å². The van der Waals surface area contributed by atoms with Crippen LogP contribution in [0.4, 0.5) is 10.6 Å². The monoisotopic (exact) mass is 546 g/mol. The van der Waals surface area contributed by atoms with Crippen LogP contribution in [0, 0.1) is 11.3 Å². The molecule has 4 heterocycles. The van der Waals surface area contributed by atoms with Crippen molar-refractivity contribution in [1.82, 2.24) is 19.9 Å². The summed E-state index contributed by atoms with van der Waals surface area (Å²) >= 11 is 0. The molecule has 37 heavy (non-hydrogen) atoms. The quantitative estimate of drug-likeness (QED) is 0.499. The van der Waals surface area contributed by atoms with Crippen LogP contribution in [0.3, 0.4) is 0 Å². The molecule has 10 nitrogen and oxygen atoms in total. The molecule has 4 rings (SSSR count). The predicted octanol–water partition coefficient (Wildman–Crippen LogP) is 3.36. The molecule has 200 valence electrons. The number of pyridine rings is 2. The number of hydrogen-bond donors (Lipinski definition) is 2. The van der Waals surface area contributed by atoms with Crippen LogP contribution in [0.5, 0.6) is 5.75 Å². The summed E-state index contributed by atoms with van der Waals surface area (Å²) in [5.41, 5.74) is 2.17. The molecule has 2 atom stereocenters. The van der Waals surface area contributed by atoms with Gasteiger partial charge >= 0.3 is 6.09 Å². The number of nitrogens with one attached hydrogen (secondary N) is 1. The normalized spacial score (nSPS) is 17.2. The van der Waals surface area contributed by atoms with Gasteiger partial charge in [0.25, 0.3) is 0 Å². The zero-order valence-corrected chi connectivity index (χ0v) is 23.4. The number of nitrogens with zero attached hydrogens (tertiary/aromatic N) is 5. The lowest BCUT2D eigenvalue weighted by Gasteiger charge is -2.37. The first kappa shape index (κ1) is 30.1. The van der Waals surface area contributed by atoms with E-state index in [4.69, 9.17) is 9.47 Å². The number of carbonyl (C=O) groups is 1. The largest absolute Gasteiger partial charge is 0.492 e. The van der Waals surface area contributed by atoms with Crippen molar-refractivity contribution in [1.29, 1.82) is 5.26 Å². The average Bonchev–Trinajstić information content (AvgIpc) is 3.22. The van der Waals surface area contributed by atoms with Gasteiger partial charge in [0.05, 0.1) is 42.2 Å². The van der Waals surface area contributed by atoms with Crippen LogP contribution in [0.25, 0.3) is 16.6 Å². The molecule has 1 fully saturated rings. The molecule has 1 aliphatic heterocycles. The number of amides is 1. The number of rotatable bonds is 5. The number of aliphatic hydroxyl groups excluding tert-OH is 1. The Morgan fingerprint density at radius 1 is 1.30 bits per heavy atom. The Morgan fingerprint density at radius 3 is 2.65 bits per heavy atom. The Kier molecular flexibility index (Phi) is 10.1. The SMILES string of the molecule is CCOc1cc(-c2ccc(N3CC[C@H](NC(=O)OC(C)(C)C)[C@@H](O)C3)nc2)c2c(C#N)cnn2c1.S.S. The topological polar surface area (TPSA) is 125 Å². The van der Waals surface area contributed by atoms with E-state index in [0.29, 0.717) is 42.9 Å². The number of piperidine rings is 1. The van der Waals surface area contributed by atoms with Crippen molar-refractivity contribution in [2.45, 2.75) is 51.9 Å². The Hall–Kier alpha value is -3.14. The smallest absolute Gasteiger partial charge is 0.407 e. The molecule has 0 aromatic carbocycles. The lowest BCUT2D eigenvalue weighted by molar-refractivity contribution is 0.0402. The van der Waals surface area contributed by atoms with Crippen molar-refractivity contribution < 1.29 is 19.4 Å². The van der Waals surface area contributed by atoms with Crippen molar-refractivity contribution in [3.05, 3.63) is 42.4 Å². The lowest BCUT2D eigenvalue weighted by Crippen LogP contribution is -2.55. The molecule has 0 spiro atoms. The van der Waals surface area contributed by atoms with E-state index in [1.807, 2.05) is 30.0 Å². The first-order chi connectivity index (χ1) is 16.7. The summed E-state index contributed by atoms with van der Waals surface area (Å²) in [6, 6.07) is 7.50. The highest BCUT2D eigenvalue weighted by Gasteiger charge is 2.31. The van der Waals surface area contributed by atoms with Crippen LogP contribution in [0.15, 0.2) is 36.8 Å². The minimum absolute atomic E-state index is 0. The second-order valence-corrected chi connectivity index (χ2v) is 9.45. The van der Waals surface area contributed by atoms with E-state index in [1.54, 1.807) is 37.7 Å². The van der Waals surface area contributed by atoms with Crippen LogP contribution < -0.4 is 15.0 Å². The number of carbonyl (C=O) groups excluding carboxylic acids is 1. The molecule has 2 N–H and O–H groups in total. The number of β-amino-alcohol motifs (C(OH)–C–C–N with tert-alkyl or cyclic N) is 1. The third-order valence-electron chi connectivity index (χ3n) is 5.69. The molecule has 0 aliphatic carbocycles. The van der Waals surface area contributed by atoms with Gasteiger partial charge in [-0.05, 0) is 52.3 Å². The zero-order chi connectivity index (χ0) is 25.2. The summed E-state index contributed by atoms with van der Waals surface area (Å²) in [5.74, 6) is 1.36. The first-order valence-corrected chi connectivity index (χ1v) is 11.6. The summed E-state index contributed by atoms with van der Waals surface area (Å²) < 4.78 is 12.6. The highest BCUT2D eigenvalue weighted by Crippen LogP contribution is 2.31. The van der Waals surface area contributed by atoms with Gasteiger partial charge in [0.15, 0.2) is 0 Å². The fourth-order valence-electron chi connectivity index (χ4n) is 4.14. The van der Waals surface area contributed by atoms with Crippen LogP contribution in [0.2, 0.25) is 0 Å². The molecule has 0 saturated carbocycles. The summed E-state index contributed by atoms with van der Waals surface area (Å²) in [4.78, 5) is 18.7. The zero-order valence-electron chi connectivity index (χ0n) is 21.4. The van der Waals surface area contributed by atoms with Crippen LogP contribution in [-0.4, -0.2) is 63.2 Å². The van der Waals surface area contributed by atoms with Crippen LogP contribution in [-0.2, 0) is 4.74 Å². The second kappa shape index (κ2) is 12.4. The van der Waals surface area contributed by atoms with Crippen LogP contribution >= 0.6 is 27.0 Å². The average molecular weight is 547 g/mol.